The molecule has 0 aliphatic rings. The van der Waals surface area contributed by atoms with Crippen LogP contribution >= 0.6 is 11.8 Å². The maximum atomic E-state index is 12.8. The first kappa shape index (κ1) is 24.2. The minimum Gasteiger partial charge on any atom is -0.497 e. The molecule has 178 valence electrons. The average molecular weight is 487 g/mol. The van der Waals surface area contributed by atoms with E-state index in [9.17, 15) is 9.59 Å². The lowest BCUT2D eigenvalue weighted by Gasteiger charge is -2.16. The van der Waals surface area contributed by atoms with E-state index in [4.69, 9.17) is 4.74 Å². The Hall–Kier alpha value is -3.91. The summed E-state index contributed by atoms with van der Waals surface area (Å²) in [5, 5.41) is 12.2. The van der Waals surface area contributed by atoms with Crippen molar-refractivity contribution in [2.24, 2.45) is 0 Å². The van der Waals surface area contributed by atoms with Gasteiger partial charge in [-0.25, -0.2) is 0 Å². The summed E-state index contributed by atoms with van der Waals surface area (Å²) in [5.74, 6) is 1.13. The van der Waals surface area contributed by atoms with Crippen LogP contribution in [0.4, 0.5) is 0 Å². The zero-order chi connectivity index (χ0) is 24.6. The predicted octanol–water partition coefficient (Wildman–Crippen LogP) is 4.35. The van der Waals surface area contributed by atoms with Crippen LogP contribution in [0.1, 0.15) is 12.5 Å². The molecule has 4 aromatic rings. The highest BCUT2D eigenvalue weighted by molar-refractivity contribution is 7.99. The van der Waals surface area contributed by atoms with Gasteiger partial charge in [0, 0.05) is 11.3 Å². The zero-order valence-corrected chi connectivity index (χ0v) is 20.4. The summed E-state index contributed by atoms with van der Waals surface area (Å²) in [6, 6.07) is 26.4. The van der Waals surface area contributed by atoms with Crippen LogP contribution in [0.15, 0.2) is 90.1 Å². The van der Waals surface area contributed by atoms with Crippen molar-refractivity contribution in [1.82, 2.24) is 20.1 Å². The van der Waals surface area contributed by atoms with E-state index in [0.717, 1.165) is 16.8 Å². The lowest BCUT2D eigenvalue weighted by atomic mass is 10.0. The van der Waals surface area contributed by atoms with Gasteiger partial charge in [0.1, 0.15) is 5.75 Å². The number of carbonyl (C=O) groups is 2. The lowest BCUT2D eigenvalue weighted by Crippen LogP contribution is -2.42. The average Bonchev–Trinajstić information content (AvgIpc) is 3.32. The second-order valence-corrected chi connectivity index (χ2v) is 8.86. The first-order valence-corrected chi connectivity index (χ1v) is 12.2. The van der Waals surface area contributed by atoms with E-state index in [1.54, 1.807) is 7.11 Å². The van der Waals surface area contributed by atoms with E-state index < -0.39 is 6.04 Å². The molecule has 0 radical (unpaired) electrons. The van der Waals surface area contributed by atoms with Crippen molar-refractivity contribution in [2.75, 3.05) is 12.9 Å². The van der Waals surface area contributed by atoms with E-state index in [2.05, 4.69) is 15.5 Å². The molecule has 1 amide bonds. The molecule has 0 aliphatic carbocycles. The standard InChI is InChI=1S/C27H26N4O3S/c1-19(32)24(16-20-10-5-3-6-11-20)28-25(33)18-35-27-30-29-26(21-12-9-15-23(17-21)34-2)31(27)22-13-7-4-8-14-22/h3-15,17,24H,16,18H2,1-2H3,(H,28,33). The number of ketones is 1. The van der Waals surface area contributed by atoms with Crippen LogP contribution < -0.4 is 10.1 Å². The van der Waals surface area contributed by atoms with Gasteiger partial charge in [-0.3, -0.25) is 14.2 Å². The lowest BCUT2D eigenvalue weighted by molar-refractivity contribution is -0.125. The molecule has 1 heterocycles. The van der Waals surface area contributed by atoms with Gasteiger partial charge in [0.15, 0.2) is 16.8 Å². The Kier molecular flexibility index (Phi) is 7.95. The second kappa shape index (κ2) is 11.5. The fourth-order valence-corrected chi connectivity index (χ4v) is 4.40. The molecule has 1 aromatic heterocycles. The number of benzene rings is 3. The number of methoxy groups -OCH3 is 1. The smallest absolute Gasteiger partial charge is 0.231 e. The van der Waals surface area contributed by atoms with Crippen molar-refractivity contribution in [2.45, 2.75) is 24.5 Å². The van der Waals surface area contributed by atoms with E-state index in [0.29, 0.717) is 23.2 Å². The highest BCUT2D eigenvalue weighted by atomic mass is 32.2. The zero-order valence-electron chi connectivity index (χ0n) is 19.5. The Morgan fingerprint density at radius 2 is 1.69 bits per heavy atom. The molecule has 0 aliphatic heterocycles. The van der Waals surface area contributed by atoms with Gasteiger partial charge < -0.3 is 10.1 Å². The van der Waals surface area contributed by atoms with Crippen molar-refractivity contribution in [3.05, 3.63) is 90.5 Å². The molecule has 0 saturated carbocycles. The number of carbonyl (C=O) groups excluding carboxylic acids is 2. The highest BCUT2D eigenvalue weighted by Gasteiger charge is 2.20. The van der Waals surface area contributed by atoms with E-state index >= 15 is 0 Å². The Morgan fingerprint density at radius 3 is 2.37 bits per heavy atom. The number of hydrogen-bond donors (Lipinski definition) is 1. The molecule has 3 aromatic carbocycles. The van der Waals surface area contributed by atoms with Gasteiger partial charge in [-0.05, 0) is 43.2 Å². The molecule has 0 spiro atoms. The summed E-state index contributed by atoms with van der Waals surface area (Å²) < 4.78 is 7.28. The number of Topliss-reactive ketones (excluding diaryl/α,β-unsaturated/α-hetero) is 1. The molecule has 7 nitrogen and oxygen atoms in total. The number of thioether (sulfide) groups is 1. The summed E-state index contributed by atoms with van der Waals surface area (Å²) >= 11 is 1.27. The van der Waals surface area contributed by atoms with Crippen LogP contribution in [0.5, 0.6) is 5.75 Å². The Bertz CT molecular complexity index is 1290. The van der Waals surface area contributed by atoms with Crippen molar-refractivity contribution in [1.29, 1.82) is 0 Å². The third kappa shape index (κ3) is 6.16. The van der Waals surface area contributed by atoms with Gasteiger partial charge in [-0.15, -0.1) is 10.2 Å². The third-order valence-corrected chi connectivity index (χ3v) is 6.35. The van der Waals surface area contributed by atoms with Crippen molar-refractivity contribution >= 4 is 23.5 Å². The molecule has 0 fully saturated rings. The summed E-state index contributed by atoms with van der Waals surface area (Å²) in [7, 11) is 1.62. The summed E-state index contributed by atoms with van der Waals surface area (Å²) in [4.78, 5) is 24.9. The van der Waals surface area contributed by atoms with Crippen molar-refractivity contribution in [3.63, 3.8) is 0 Å². The number of rotatable bonds is 10. The molecular formula is C27H26N4O3S. The van der Waals surface area contributed by atoms with Crippen LogP contribution in [0.2, 0.25) is 0 Å². The molecule has 0 bridgehead atoms. The van der Waals surface area contributed by atoms with Crippen LogP contribution in [0.3, 0.4) is 0 Å². The molecule has 4 rings (SSSR count). The van der Waals surface area contributed by atoms with Crippen molar-refractivity contribution < 1.29 is 14.3 Å². The molecule has 8 heteroatoms. The molecule has 35 heavy (non-hydrogen) atoms. The number of ether oxygens (including phenoxy) is 1. The van der Waals surface area contributed by atoms with Crippen LogP contribution in [0.25, 0.3) is 17.1 Å². The van der Waals surface area contributed by atoms with Crippen LogP contribution in [-0.2, 0) is 16.0 Å². The summed E-state index contributed by atoms with van der Waals surface area (Å²) in [6.07, 6.45) is 0.451. The number of amides is 1. The normalized spacial score (nSPS) is 11.6. The Balaban J connectivity index is 1.53. The van der Waals surface area contributed by atoms with Crippen LogP contribution in [0, 0.1) is 0 Å². The summed E-state index contributed by atoms with van der Waals surface area (Å²) in [6.45, 7) is 1.49. The number of aromatic nitrogens is 3. The third-order valence-electron chi connectivity index (χ3n) is 5.42. The SMILES string of the molecule is COc1cccc(-c2nnc(SCC(=O)NC(Cc3ccccc3)C(C)=O)n2-c2ccccc2)c1. The second-order valence-electron chi connectivity index (χ2n) is 7.92. The number of nitrogens with zero attached hydrogens (tertiary/aromatic N) is 3. The minimum absolute atomic E-state index is 0.0834. The first-order valence-electron chi connectivity index (χ1n) is 11.2. The van der Waals surface area contributed by atoms with Gasteiger partial charge in [-0.2, -0.15) is 0 Å². The van der Waals surface area contributed by atoms with E-state index in [1.165, 1.54) is 18.7 Å². The topological polar surface area (TPSA) is 86.1 Å². The first-order chi connectivity index (χ1) is 17.0. The van der Waals surface area contributed by atoms with E-state index in [-0.39, 0.29) is 17.4 Å². The minimum atomic E-state index is -0.579. The molecule has 1 N–H and O–H groups in total. The number of para-hydroxylation sites is 1. The number of nitrogens with one attached hydrogen (secondary N) is 1. The fraction of sp³-hybridized carbons (Fsp3) is 0.185. The molecule has 1 atom stereocenters. The van der Waals surface area contributed by atoms with Gasteiger partial charge in [0.05, 0.1) is 18.9 Å². The molecule has 0 saturated heterocycles. The maximum absolute atomic E-state index is 12.8. The van der Waals surface area contributed by atoms with Crippen LogP contribution in [-0.4, -0.2) is 45.4 Å². The quantitative estimate of drug-likeness (QED) is 0.336. The summed E-state index contributed by atoms with van der Waals surface area (Å²) in [5.41, 5.74) is 2.72. The number of hydrogen-bond acceptors (Lipinski definition) is 6. The fourth-order valence-electron chi connectivity index (χ4n) is 3.63. The molecular weight excluding hydrogens is 460 g/mol. The monoisotopic (exact) mass is 486 g/mol. The van der Waals surface area contributed by atoms with Gasteiger partial charge in [0.25, 0.3) is 0 Å². The van der Waals surface area contributed by atoms with Gasteiger partial charge >= 0.3 is 0 Å². The Labute approximate surface area is 208 Å². The maximum Gasteiger partial charge on any atom is 0.231 e. The van der Waals surface area contributed by atoms with Crippen molar-refractivity contribution in [3.8, 4) is 22.8 Å². The predicted molar refractivity (Wildman–Crippen MR) is 137 cm³/mol. The highest BCUT2D eigenvalue weighted by Crippen LogP contribution is 2.29. The van der Waals surface area contributed by atoms with Gasteiger partial charge in [0.2, 0.25) is 5.91 Å². The largest absolute Gasteiger partial charge is 0.497 e. The van der Waals surface area contributed by atoms with Gasteiger partial charge in [-0.1, -0.05) is 72.4 Å². The molecule has 1 unspecified atom stereocenters. The Morgan fingerprint density at radius 1 is 0.971 bits per heavy atom. The van der Waals surface area contributed by atoms with E-state index in [1.807, 2.05) is 89.5 Å².